The molecule has 1 aliphatic heterocycles. The minimum absolute atomic E-state index is 0.297. The third kappa shape index (κ3) is 2.50. The Kier molecular flexibility index (Phi) is 3.72. The first-order valence-electron chi connectivity index (χ1n) is 5.77. The Morgan fingerprint density at radius 1 is 1.62 bits per heavy atom. The van der Waals surface area contributed by atoms with Crippen molar-refractivity contribution >= 4 is 5.82 Å². The highest BCUT2D eigenvalue weighted by atomic mass is 19.1. The van der Waals surface area contributed by atoms with Crippen LogP contribution < -0.4 is 5.32 Å². The van der Waals surface area contributed by atoms with Crippen molar-refractivity contribution in [1.29, 1.82) is 0 Å². The van der Waals surface area contributed by atoms with E-state index < -0.39 is 0 Å². The molecule has 2 heterocycles. The van der Waals surface area contributed by atoms with Gasteiger partial charge in [0.1, 0.15) is 0 Å². The average molecular weight is 224 g/mol. The van der Waals surface area contributed by atoms with Crippen molar-refractivity contribution in [3.8, 4) is 0 Å². The molecule has 0 amide bonds. The van der Waals surface area contributed by atoms with E-state index in [-0.39, 0.29) is 5.82 Å². The predicted octanol–water partition coefficient (Wildman–Crippen LogP) is 2.45. The molecular weight excluding hydrogens is 207 g/mol. The molecule has 0 aromatic carbocycles. The molecule has 2 rings (SSSR count). The van der Waals surface area contributed by atoms with Gasteiger partial charge in [0.2, 0.25) is 0 Å². The van der Waals surface area contributed by atoms with Crippen LogP contribution in [0.2, 0.25) is 0 Å². The molecule has 1 fully saturated rings. The summed E-state index contributed by atoms with van der Waals surface area (Å²) in [5, 5.41) is 3.05. The minimum Gasteiger partial charge on any atom is -0.378 e. The van der Waals surface area contributed by atoms with Gasteiger partial charge in [-0.15, -0.1) is 0 Å². The fraction of sp³-hybridized carbons (Fsp3) is 0.583. The lowest BCUT2D eigenvalue weighted by Gasteiger charge is -2.17. The second-order valence-corrected chi connectivity index (χ2v) is 4.08. The lowest BCUT2D eigenvalue weighted by molar-refractivity contribution is 0.0900. The average Bonchev–Trinajstić information content (AvgIpc) is 2.75. The number of anilines is 1. The summed E-state index contributed by atoms with van der Waals surface area (Å²) in [4.78, 5) is 3.96. The number of rotatable bonds is 4. The monoisotopic (exact) mass is 224 g/mol. The Bertz CT molecular complexity index is 346. The molecule has 2 unspecified atom stereocenters. The van der Waals surface area contributed by atoms with Crippen LogP contribution in [0.4, 0.5) is 10.2 Å². The molecule has 2 atom stereocenters. The highest BCUT2D eigenvalue weighted by Crippen LogP contribution is 2.23. The number of aromatic nitrogens is 1. The Balaban J connectivity index is 1.90. The molecule has 4 heteroatoms. The van der Waals surface area contributed by atoms with E-state index in [1.165, 1.54) is 6.07 Å². The summed E-state index contributed by atoms with van der Waals surface area (Å²) in [7, 11) is 0. The van der Waals surface area contributed by atoms with E-state index in [1.54, 1.807) is 12.3 Å². The molecule has 0 bridgehead atoms. The highest BCUT2D eigenvalue weighted by Gasteiger charge is 2.26. The molecule has 0 spiro atoms. The molecule has 0 saturated carbocycles. The minimum atomic E-state index is -0.297. The molecule has 0 aliphatic carbocycles. The standard InChI is InChI=1S/C12H17FN2O/c1-2-11-9(5-7-16-11)8-15-12-10(13)4-3-6-14-12/h3-4,6,9,11H,2,5,7-8H2,1H3,(H,14,15). The first-order chi connectivity index (χ1) is 7.81. The van der Waals surface area contributed by atoms with Crippen molar-refractivity contribution in [2.75, 3.05) is 18.5 Å². The van der Waals surface area contributed by atoms with Gasteiger partial charge in [0.25, 0.3) is 0 Å². The maximum atomic E-state index is 13.3. The van der Waals surface area contributed by atoms with E-state index in [0.29, 0.717) is 17.8 Å². The van der Waals surface area contributed by atoms with Crippen molar-refractivity contribution in [1.82, 2.24) is 4.98 Å². The lowest BCUT2D eigenvalue weighted by Crippen LogP contribution is -2.23. The Morgan fingerprint density at radius 2 is 2.50 bits per heavy atom. The van der Waals surface area contributed by atoms with Gasteiger partial charge in [-0.2, -0.15) is 0 Å². The van der Waals surface area contributed by atoms with E-state index in [9.17, 15) is 4.39 Å². The summed E-state index contributed by atoms with van der Waals surface area (Å²) >= 11 is 0. The van der Waals surface area contributed by atoms with Crippen molar-refractivity contribution in [2.24, 2.45) is 5.92 Å². The third-order valence-electron chi connectivity index (χ3n) is 3.04. The first kappa shape index (κ1) is 11.3. The van der Waals surface area contributed by atoms with Gasteiger partial charge in [0.05, 0.1) is 6.10 Å². The van der Waals surface area contributed by atoms with Gasteiger partial charge in [0.15, 0.2) is 11.6 Å². The molecule has 1 aromatic rings. The van der Waals surface area contributed by atoms with Crippen molar-refractivity contribution in [3.05, 3.63) is 24.1 Å². The molecule has 1 aromatic heterocycles. The number of hydrogen-bond acceptors (Lipinski definition) is 3. The Morgan fingerprint density at radius 3 is 3.25 bits per heavy atom. The second kappa shape index (κ2) is 5.25. The van der Waals surface area contributed by atoms with Gasteiger partial charge in [-0.25, -0.2) is 9.37 Å². The number of nitrogens with zero attached hydrogens (tertiary/aromatic N) is 1. The van der Waals surface area contributed by atoms with Crippen molar-refractivity contribution in [2.45, 2.75) is 25.9 Å². The molecule has 88 valence electrons. The van der Waals surface area contributed by atoms with Crippen molar-refractivity contribution in [3.63, 3.8) is 0 Å². The van der Waals surface area contributed by atoms with Crippen LogP contribution in [-0.4, -0.2) is 24.2 Å². The van der Waals surface area contributed by atoms with Gasteiger partial charge >= 0.3 is 0 Å². The summed E-state index contributed by atoms with van der Waals surface area (Å²) in [6.07, 6.45) is 3.95. The Hall–Kier alpha value is -1.16. The van der Waals surface area contributed by atoms with Crippen LogP contribution >= 0.6 is 0 Å². The maximum absolute atomic E-state index is 13.3. The number of hydrogen-bond donors (Lipinski definition) is 1. The fourth-order valence-corrected chi connectivity index (χ4v) is 2.12. The smallest absolute Gasteiger partial charge is 0.165 e. The van der Waals surface area contributed by atoms with Gasteiger partial charge in [0, 0.05) is 25.3 Å². The zero-order chi connectivity index (χ0) is 11.4. The molecule has 3 nitrogen and oxygen atoms in total. The summed E-state index contributed by atoms with van der Waals surface area (Å²) < 4.78 is 18.9. The number of pyridine rings is 1. The molecular formula is C12H17FN2O. The Labute approximate surface area is 95.0 Å². The molecule has 1 aliphatic rings. The zero-order valence-electron chi connectivity index (χ0n) is 9.45. The summed E-state index contributed by atoms with van der Waals surface area (Å²) in [5.41, 5.74) is 0. The molecule has 16 heavy (non-hydrogen) atoms. The number of ether oxygens (including phenoxy) is 1. The van der Waals surface area contributed by atoms with Gasteiger partial charge in [-0.3, -0.25) is 0 Å². The molecule has 1 N–H and O–H groups in total. The van der Waals surface area contributed by atoms with E-state index in [2.05, 4.69) is 17.2 Å². The highest BCUT2D eigenvalue weighted by molar-refractivity contribution is 5.35. The van der Waals surface area contributed by atoms with E-state index >= 15 is 0 Å². The van der Waals surface area contributed by atoms with Gasteiger partial charge in [-0.1, -0.05) is 6.92 Å². The van der Waals surface area contributed by atoms with Crippen LogP contribution in [0.3, 0.4) is 0 Å². The first-order valence-corrected chi connectivity index (χ1v) is 5.77. The zero-order valence-corrected chi connectivity index (χ0v) is 9.45. The van der Waals surface area contributed by atoms with E-state index in [1.807, 2.05) is 0 Å². The summed E-state index contributed by atoms with van der Waals surface area (Å²) in [5.74, 6) is 0.505. The van der Waals surface area contributed by atoms with Crippen LogP contribution in [0, 0.1) is 11.7 Å². The normalized spacial score (nSPS) is 24.6. The van der Waals surface area contributed by atoms with Gasteiger partial charge in [-0.05, 0) is 25.0 Å². The summed E-state index contributed by atoms with van der Waals surface area (Å²) in [6, 6.07) is 3.01. The van der Waals surface area contributed by atoms with E-state index in [4.69, 9.17) is 4.74 Å². The van der Waals surface area contributed by atoms with Crippen LogP contribution in [0.25, 0.3) is 0 Å². The molecule has 0 radical (unpaired) electrons. The second-order valence-electron chi connectivity index (χ2n) is 4.08. The van der Waals surface area contributed by atoms with Crippen LogP contribution in [0.1, 0.15) is 19.8 Å². The van der Waals surface area contributed by atoms with Crippen LogP contribution in [0.5, 0.6) is 0 Å². The summed E-state index contributed by atoms with van der Waals surface area (Å²) in [6.45, 7) is 3.66. The van der Waals surface area contributed by atoms with E-state index in [0.717, 1.165) is 26.0 Å². The topological polar surface area (TPSA) is 34.1 Å². The van der Waals surface area contributed by atoms with Gasteiger partial charge < -0.3 is 10.1 Å². The third-order valence-corrected chi connectivity index (χ3v) is 3.04. The largest absolute Gasteiger partial charge is 0.378 e. The number of halogens is 1. The maximum Gasteiger partial charge on any atom is 0.165 e. The lowest BCUT2D eigenvalue weighted by atomic mass is 10.00. The fourth-order valence-electron chi connectivity index (χ4n) is 2.12. The van der Waals surface area contributed by atoms with Crippen LogP contribution in [-0.2, 0) is 4.74 Å². The van der Waals surface area contributed by atoms with Crippen molar-refractivity contribution < 1.29 is 9.13 Å². The molecule has 1 saturated heterocycles. The predicted molar refractivity (Wildman–Crippen MR) is 60.8 cm³/mol. The SMILES string of the molecule is CCC1OCCC1CNc1ncccc1F. The number of nitrogens with one attached hydrogen (secondary N) is 1. The quantitative estimate of drug-likeness (QED) is 0.853. The van der Waals surface area contributed by atoms with Crippen LogP contribution in [0.15, 0.2) is 18.3 Å².